The lowest BCUT2D eigenvalue weighted by molar-refractivity contribution is -0.109. The minimum absolute atomic E-state index is 0.285. The Morgan fingerprint density at radius 3 is 1.93 bits per heavy atom. The standard InChI is InChI=1S/C23H26N2O2/c1-6-27-23(19-10-14-21(15-11-19)25(4)5)17-22(26)16-9-18-7-12-20(13-8-18)24(2)3/h7-8,10-15,17H,6H2,1-5H3/b23-17-. The molecule has 2 rings (SSSR count). The summed E-state index contributed by atoms with van der Waals surface area (Å²) >= 11 is 0. The van der Waals surface area contributed by atoms with Crippen LogP contribution >= 0.6 is 0 Å². The van der Waals surface area contributed by atoms with Crippen LogP contribution in [0.4, 0.5) is 11.4 Å². The van der Waals surface area contributed by atoms with Crippen LogP contribution in [-0.2, 0) is 9.53 Å². The third-order valence-corrected chi connectivity index (χ3v) is 3.94. The SMILES string of the molecule is CCO/C(=C\C(=O)C#Cc1ccc(N(C)C)cc1)c1ccc(N(C)C)cc1. The molecule has 4 heteroatoms. The van der Waals surface area contributed by atoms with Crippen molar-refractivity contribution in [3.05, 3.63) is 65.7 Å². The van der Waals surface area contributed by atoms with E-state index in [2.05, 4.69) is 11.8 Å². The third kappa shape index (κ3) is 5.93. The Bertz CT molecular complexity index is 852. The van der Waals surface area contributed by atoms with Crippen molar-refractivity contribution in [3.63, 3.8) is 0 Å². The van der Waals surface area contributed by atoms with Gasteiger partial charge in [-0.15, -0.1) is 0 Å². The van der Waals surface area contributed by atoms with E-state index in [1.807, 2.05) is 93.4 Å². The van der Waals surface area contributed by atoms with E-state index in [1.54, 1.807) is 0 Å². The van der Waals surface area contributed by atoms with E-state index in [9.17, 15) is 4.79 Å². The summed E-state index contributed by atoms with van der Waals surface area (Å²) in [7, 11) is 7.93. The van der Waals surface area contributed by atoms with Crippen LogP contribution in [0.15, 0.2) is 54.6 Å². The number of ketones is 1. The maximum atomic E-state index is 12.3. The molecule has 0 saturated carbocycles. The van der Waals surface area contributed by atoms with Crippen molar-refractivity contribution in [2.45, 2.75) is 6.92 Å². The van der Waals surface area contributed by atoms with Gasteiger partial charge in [-0.1, -0.05) is 5.92 Å². The Labute approximate surface area is 162 Å². The Kier molecular flexibility index (Phi) is 7.08. The summed E-state index contributed by atoms with van der Waals surface area (Å²) in [4.78, 5) is 16.3. The lowest BCUT2D eigenvalue weighted by Gasteiger charge is -2.14. The fourth-order valence-electron chi connectivity index (χ4n) is 2.42. The highest BCUT2D eigenvalue weighted by atomic mass is 16.5. The minimum Gasteiger partial charge on any atom is -0.493 e. The fraction of sp³-hybridized carbons (Fsp3) is 0.261. The molecule has 2 aromatic carbocycles. The monoisotopic (exact) mass is 362 g/mol. The fourth-order valence-corrected chi connectivity index (χ4v) is 2.42. The van der Waals surface area contributed by atoms with Gasteiger partial charge in [0.25, 0.3) is 0 Å². The molecule has 0 amide bonds. The zero-order valence-electron chi connectivity index (χ0n) is 16.6. The Balaban J connectivity index is 2.18. The molecule has 0 aliphatic carbocycles. The van der Waals surface area contributed by atoms with E-state index >= 15 is 0 Å². The van der Waals surface area contributed by atoms with Gasteiger partial charge in [-0.2, -0.15) is 0 Å². The highest BCUT2D eigenvalue weighted by Gasteiger charge is 2.06. The normalized spacial score (nSPS) is 10.6. The molecule has 0 fully saturated rings. The number of carbonyl (C=O) groups is 1. The number of anilines is 2. The number of rotatable bonds is 6. The molecule has 140 valence electrons. The van der Waals surface area contributed by atoms with E-state index < -0.39 is 0 Å². The summed E-state index contributed by atoms with van der Waals surface area (Å²) in [6.07, 6.45) is 1.45. The van der Waals surface area contributed by atoms with Crippen LogP contribution in [-0.4, -0.2) is 40.6 Å². The first-order chi connectivity index (χ1) is 12.9. The largest absolute Gasteiger partial charge is 0.493 e. The molecule has 27 heavy (non-hydrogen) atoms. The van der Waals surface area contributed by atoms with E-state index in [-0.39, 0.29) is 5.78 Å². The molecule has 0 spiro atoms. The van der Waals surface area contributed by atoms with Gasteiger partial charge in [0, 0.05) is 56.8 Å². The van der Waals surface area contributed by atoms with Crippen molar-refractivity contribution in [1.82, 2.24) is 0 Å². The van der Waals surface area contributed by atoms with Gasteiger partial charge < -0.3 is 14.5 Å². The van der Waals surface area contributed by atoms with Crippen LogP contribution in [0.1, 0.15) is 18.1 Å². The molecule has 0 heterocycles. The lowest BCUT2D eigenvalue weighted by Crippen LogP contribution is -2.08. The van der Waals surface area contributed by atoms with Gasteiger partial charge in [0.2, 0.25) is 5.78 Å². The lowest BCUT2D eigenvalue weighted by atomic mass is 10.1. The molecule has 0 aliphatic rings. The summed E-state index contributed by atoms with van der Waals surface area (Å²) in [5, 5.41) is 0. The maximum absolute atomic E-state index is 12.3. The molecule has 4 nitrogen and oxygen atoms in total. The second-order valence-electron chi connectivity index (χ2n) is 6.44. The molecular formula is C23H26N2O2. The Morgan fingerprint density at radius 2 is 1.44 bits per heavy atom. The number of carbonyl (C=O) groups excluding carboxylic acids is 1. The molecule has 0 bridgehead atoms. The van der Waals surface area contributed by atoms with Crippen LogP contribution in [0.5, 0.6) is 0 Å². The number of nitrogens with zero attached hydrogens (tertiary/aromatic N) is 2. The van der Waals surface area contributed by atoms with Crippen molar-refractivity contribution in [2.24, 2.45) is 0 Å². The second-order valence-corrected chi connectivity index (χ2v) is 6.44. The van der Waals surface area contributed by atoms with E-state index in [0.717, 1.165) is 22.5 Å². The smallest absolute Gasteiger partial charge is 0.232 e. The third-order valence-electron chi connectivity index (χ3n) is 3.94. The topological polar surface area (TPSA) is 32.8 Å². The van der Waals surface area contributed by atoms with Crippen LogP contribution in [0.3, 0.4) is 0 Å². The van der Waals surface area contributed by atoms with Gasteiger partial charge in [-0.05, 0) is 61.4 Å². The molecular weight excluding hydrogens is 336 g/mol. The first kappa shape index (κ1) is 20.1. The van der Waals surface area contributed by atoms with Crippen LogP contribution < -0.4 is 9.80 Å². The van der Waals surface area contributed by atoms with Gasteiger partial charge in [0.05, 0.1) is 6.61 Å². The van der Waals surface area contributed by atoms with Crippen LogP contribution in [0.25, 0.3) is 5.76 Å². The van der Waals surface area contributed by atoms with Crippen molar-refractivity contribution < 1.29 is 9.53 Å². The van der Waals surface area contributed by atoms with Gasteiger partial charge in [0.1, 0.15) is 5.76 Å². The first-order valence-electron chi connectivity index (χ1n) is 8.86. The molecule has 0 N–H and O–H groups in total. The van der Waals surface area contributed by atoms with Gasteiger partial charge in [0.15, 0.2) is 0 Å². The zero-order chi connectivity index (χ0) is 19.8. The van der Waals surface area contributed by atoms with Gasteiger partial charge >= 0.3 is 0 Å². The number of benzene rings is 2. The molecule has 0 saturated heterocycles. The summed E-state index contributed by atoms with van der Waals surface area (Å²) in [5.41, 5.74) is 3.83. The molecule has 0 radical (unpaired) electrons. The summed E-state index contributed by atoms with van der Waals surface area (Å²) in [6.45, 7) is 2.37. The summed E-state index contributed by atoms with van der Waals surface area (Å²) < 4.78 is 5.65. The predicted octanol–water partition coefficient (Wildman–Crippen LogP) is 3.82. The Morgan fingerprint density at radius 1 is 0.926 bits per heavy atom. The van der Waals surface area contributed by atoms with E-state index in [1.165, 1.54) is 6.08 Å². The van der Waals surface area contributed by atoms with Crippen LogP contribution in [0.2, 0.25) is 0 Å². The average Bonchev–Trinajstić information content (AvgIpc) is 2.66. The van der Waals surface area contributed by atoms with Crippen molar-refractivity contribution in [3.8, 4) is 11.8 Å². The van der Waals surface area contributed by atoms with Crippen molar-refractivity contribution >= 4 is 22.9 Å². The summed E-state index contributed by atoms with van der Waals surface area (Å²) in [6, 6.07) is 15.6. The molecule has 2 aromatic rings. The van der Waals surface area contributed by atoms with Gasteiger partial charge in [-0.3, -0.25) is 4.79 Å². The molecule has 0 unspecified atom stereocenters. The minimum atomic E-state index is -0.285. The number of hydrogen-bond donors (Lipinski definition) is 0. The quantitative estimate of drug-likeness (QED) is 0.444. The average molecular weight is 362 g/mol. The van der Waals surface area contributed by atoms with Crippen molar-refractivity contribution in [1.29, 1.82) is 0 Å². The van der Waals surface area contributed by atoms with E-state index in [0.29, 0.717) is 12.4 Å². The maximum Gasteiger partial charge on any atom is 0.232 e. The molecule has 0 aliphatic heterocycles. The molecule has 0 aromatic heterocycles. The highest BCUT2D eigenvalue weighted by Crippen LogP contribution is 2.20. The highest BCUT2D eigenvalue weighted by molar-refractivity contribution is 6.08. The predicted molar refractivity (Wildman–Crippen MR) is 113 cm³/mol. The van der Waals surface area contributed by atoms with Gasteiger partial charge in [-0.25, -0.2) is 0 Å². The van der Waals surface area contributed by atoms with Crippen molar-refractivity contribution in [2.75, 3.05) is 44.6 Å². The van der Waals surface area contributed by atoms with Crippen LogP contribution in [0, 0.1) is 11.8 Å². The van der Waals surface area contributed by atoms with E-state index in [4.69, 9.17) is 4.74 Å². The summed E-state index contributed by atoms with van der Waals surface area (Å²) in [5.74, 6) is 5.82. The Hall–Kier alpha value is -3.19. The number of hydrogen-bond acceptors (Lipinski definition) is 4. The number of ether oxygens (including phenoxy) is 1. The first-order valence-corrected chi connectivity index (χ1v) is 8.86. The second kappa shape index (κ2) is 9.49. The molecule has 0 atom stereocenters. The number of allylic oxidation sites excluding steroid dienone is 1. The zero-order valence-corrected chi connectivity index (χ0v) is 16.6.